The third-order valence-corrected chi connectivity index (χ3v) is 2.64. The average molecular weight is 291 g/mol. The number of rotatable bonds is 2. The van der Waals surface area contributed by atoms with E-state index in [9.17, 15) is 9.59 Å². The Bertz CT molecular complexity index is 660. The van der Waals surface area contributed by atoms with Gasteiger partial charge in [0.2, 0.25) is 0 Å². The third kappa shape index (κ3) is 3.52. The van der Waals surface area contributed by atoms with Crippen molar-refractivity contribution in [2.75, 3.05) is 10.6 Å². The van der Waals surface area contributed by atoms with Crippen LogP contribution in [0.15, 0.2) is 36.5 Å². The number of carbonyl (C=O) groups excluding carboxylic acids is 2. The lowest BCUT2D eigenvalue weighted by molar-refractivity contribution is -0.133. The number of carbonyl (C=O) groups is 2. The van der Waals surface area contributed by atoms with Crippen molar-refractivity contribution in [3.63, 3.8) is 0 Å². The van der Waals surface area contributed by atoms with Crippen LogP contribution in [-0.2, 0) is 9.59 Å². The summed E-state index contributed by atoms with van der Waals surface area (Å²) in [6.07, 6.45) is 1.48. The largest absolute Gasteiger partial charge is 0.315 e. The first-order valence-corrected chi connectivity index (χ1v) is 6.10. The van der Waals surface area contributed by atoms with Gasteiger partial charge in [-0.25, -0.2) is 9.97 Å². The number of halogens is 1. The van der Waals surface area contributed by atoms with Crippen LogP contribution < -0.4 is 10.6 Å². The molecule has 0 saturated heterocycles. The molecule has 2 N–H and O–H groups in total. The Morgan fingerprint density at radius 2 is 1.85 bits per heavy atom. The highest BCUT2D eigenvalue weighted by Crippen LogP contribution is 2.17. The molecule has 102 valence electrons. The molecule has 0 spiro atoms. The standard InChI is InChI=1S/C13H11ClN4O2/c1-8-4-2-6-10(16-8)18-13(20)12(19)17-9-5-3-7-15-11(9)14/h2-7H,1H3,(H,17,19)(H,16,18,20). The molecule has 0 unspecified atom stereocenters. The summed E-state index contributed by atoms with van der Waals surface area (Å²) in [6, 6.07) is 8.25. The predicted octanol–water partition coefficient (Wildman–Crippen LogP) is 2.02. The lowest BCUT2D eigenvalue weighted by Gasteiger charge is -2.07. The van der Waals surface area contributed by atoms with E-state index in [1.54, 1.807) is 37.3 Å². The van der Waals surface area contributed by atoms with Gasteiger partial charge in [-0.2, -0.15) is 0 Å². The zero-order chi connectivity index (χ0) is 14.5. The van der Waals surface area contributed by atoms with Crippen LogP contribution in [0.1, 0.15) is 5.69 Å². The second-order valence-corrected chi connectivity index (χ2v) is 4.27. The van der Waals surface area contributed by atoms with Crippen molar-refractivity contribution in [3.05, 3.63) is 47.4 Å². The molecule has 6 nitrogen and oxygen atoms in total. The molecule has 0 aliphatic rings. The van der Waals surface area contributed by atoms with Crippen molar-refractivity contribution in [2.45, 2.75) is 6.92 Å². The van der Waals surface area contributed by atoms with E-state index < -0.39 is 11.8 Å². The number of aryl methyl sites for hydroxylation is 1. The van der Waals surface area contributed by atoms with Gasteiger partial charge in [0.15, 0.2) is 5.15 Å². The van der Waals surface area contributed by atoms with Gasteiger partial charge in [-0.05, 0) is 31.2 Å². The van der Waals surface area contributed by atoms with Gasteiger partial charge in [0.25, 0.3) is 0 Å². The lowest BCUT2D eigenvalue weighted by atomic mass is 10.3. The first-order chi connectivity index (χ1) is 9.56. The van der Waals surface area contributed by atoms with Gasteiger partial charge in [-0.3, -0.25) is 9.59 Å². The van der Waals surface area contributed by atoms with Crippen molar-refractivity contribution < 1.29 is 9.59 Å². The van der Waals surface area contributed by atoms with Crippen LogP contribution in [0.4, 0.5) is 11.5 Å². The zero-order valence-corrected chi connectivity index (χ0v) is 11.3. The minimum atomic E-state index is -0.844. The molecule has 0 radical (unpaired) electrons. The zero-order valence-electron chi connectivity index (χ0n) is 10.6. The summed E-state index contributed by atoms with van der Waals surface area (Å²) in [5.74, 6) is -1.37. The lowest BCUT2D eigenvalue weighted by Crippen LogP contribution is -2.29. The normalized spacial score (nSPS) is 9.90. The highest BCUT2D eigenvalue weighted by Gasteiger charge is 2.16. The maximum atomic E-state index is 11.7. The second-order valence-electron chi connectivity index (χ2n) is 3.91. The molecule has 0 aliphatic heterocycles. The van der Waals surface area contributed by atoms with Crippen LogP contribution >= 0.6 is 11.6 Å². The molecule has 2 amide bonds. The molecular formula is C13H11ClN4O2. The van der Waals surface area contributed by atoms with E-state index in [0.29, 0.717) is 5.82 Å². The summed E-state index contributed by atoms with van der Waals surface area (Å²) in [5, 5.41) is 4.88. The number of pyridine rings is 2. The Morgan fingerprint density at radius 1 is 1.10 bits per heavy atom. The number of aromatic nitrogens is 2. The molecule has 2 heterocycles. The van der Waals surface area contributed by atoms with E-state index in [-0.39, 0.29) is 10.8 Å². The van der Waals surface area contributed by atoms with Crippen LogP contribution in [0.2, 0.25) is 5.15 Å². The van der Waals surface area contributed by atoms with E-state index in [2.05, 4.69) is 20.6 Å². The Kier molecular flexibility index (Phi) is 4.27. The minimum absolute atomic E-state index is 0.113. The molecule has 2 aromatic rings. The van der Waals surface area contributed by atoms with Crippen molar-refractivity contribution in [1.82, 2.24) is 9.97 Å². The topological polar surface area (TPSA) is 84.0 Å². The summed E-state index contributed by atoms with van der Waals surface area (Å²) < 4.78 is 0. The Morgan fingerprint density at radius 3 is 2.55 bits per heavy atom. The smallest absolute Gasteiger partial charge is 0.315 e. The van der Waals surface area contributed by atoms with Crippen molar-refractivity contribution >= 4 is 34.9 Å². The molecule has 20 heavy (non-hydrogen) atoms. The minimum Gasteiger partial charge on any atom is -0.315 e. The maximum Gasteiger partial charge on any atom is 0.315 e. The van der Waals surface area contributed by atoms with Crippen LogP contribution in [-0.4, -0.2) is 21.8 Å². The Balaban J connectivity index is 2.03. The van der Waals surface area contributed by atoms with E-state index in [4.69, 9.17) is 11.6 Å². The van der Waals surface area contributed by atoms with Gasteiger partial charge in [0, 0.05) is 11.9 Å². The first-order valence-electron chi connectivity index (χ1n) is 5.73. The van der Waals surface area contributed by atoms with Crippen LogP contribution in [0.25, 0.3) is 0 Å². The average Bonchev–Trinajstić information content (AvgIpc) is 2.41. The monoisotopic (exact) mass is 290 g/mol. The highest BCUT2D eigenvalue weighted by molar-refractivity contribution is 6.44. The predicted molar refractivity (Wildman–Crippen MR) is 75.5 cm³/mol. The van der Waals surface area contributed by atoms with Gasteiger partial charge in [-0.1, -0.05) is 17.7 Å². The summed E-state index contributed by atoms with van der Waals surface area (Å²) in [4.78, 5) is 31.3. The third-order valence-electron chi connectivity index (χ3n) is 2.34. The van der Waals surface area contributed by atoms with Gasteiger partial charge in [0.1, 0.15) is 5.82 Å². The Hall–Kier alpha value is -2.47. The number of nitrogens with one attached hydrogen (secondary N) is 2. The number of amides is 2. The highest BCUT2D eigenvalue weighted by atomic mass is 35.5. The molecule has 2 aromatic heterocycles. The van der Waals surface area contributed by atoms with Crippen molar-refractivity contribution in [1.29, 1.82) is 0 Å². The van der Waals surface area contributed by atoms with Crippen LogP contribution in [0.5, 0.6) is 0 Å². The fraction of sp³-hybridized carbons (Fsp3) is 0.0769. The van der Waals surface area contributed by atoms with Gasteiger partial charge >= 0.3 is 11.8 Å². The van der Waals surface area contributed by atoms with Gasteiger partial charge in [0.05, 0.1) is 5.69 Å². The van der Waals surface area contributed by atoms with Gasteiger partial charge < -0.3 is 10.6 Å². The summed E-state index contributed by atoms with van der Waals surface area (Å²) in [7, 11) is 0. The molecule has 0 aromatic carbocycles. The summed E-state index contributed by atoms with van der Waals surface area (Å²) in [5.41, 5.74) is 1.00. The van der Waals surface area contributed by atoms with Gasteiger partial charge in [-0.15, -0.1) is 0 Å². The van der Waals surface area contributed by atoms with Crippen LogP contribution in [0, 0.1) is 6.92 Å². The quantitative estimate of drug-likeness (QED) is 0.654. The number of hydrogen-bond acceptors (Lipinski definition) is 4. The molecule has 0 bridgehead atoms. The maximum absolute atomic E-state index is 11.7. The summed E-state index contributed by atoms with van der Waals surface area (Å²) in [6.45, 7) is 1.78. The molecular weight excluding hydrogens is 280 g/mol. The van der Waals surface area contributed by atoms with E-state index in [1.807, 2.05) is 0 Å². The SMILES string of the molecule is Cc1cccc(NC(=O)C(=O)Nc2cccnc2Cl)n1. The fourth-order valence-electron chi connectivity index (χ4n) is 1.44. The molecule has 0 saturated carbocycles. The number of anilines is 2. The van der Waals surface area contributed by atoms with Crippen molar-refractivity contribution in [3.8, 4) is 0 Å². The Labute approximate surface area is 120 Å². The molecule has 7 heteroatoms. The number of hydrogen-bond donors (Lipinski definition) is 2. The van der Waals surface area contributed by atoms with Crippen molar-refractivity contribution in [2.24, 2.45) is 0 Å². The molecule has 0 atom stereocenters. The second kappa shape index (κ2) is 6.12. The van der Waals surface area contributed by atoms with E-state index in [0.717, 1.165) is 5.69 Å². The van der Waals surface area contributed by atoms with E-state index >= 15 is 0 Å². The molecule has 2 rings (SSSR count). The first kappa shape index (κ1) is 14.0. The summed E-state index contributed by atoms with van der Waals surface area (Å²) >= 11 is 5.78. The molecule has 0 fully saturated rings. The fourth-order valence-corrected chi connectivity index (χ4v) is 1.61. The molecule has 0 aliphatic carbocycles. The number of nitrogens with zero attached hydrogens (tertiary/aromatic N) is 2. The van der Waals surface area contributed by atoms with E-state index in [1.165, 1.54) is 6.20 Å². The van der Waals surface area contributed by atoms with Crippen LogP contribution in [0.3, 0.4) is 0 Å².